The molecule has 0 spiro atoms. The zero-order chi connectivity index (χ0) is 12.0. The van der Waals surface area contributed by atoms with Crippen molar-refractivity contribution in [1.82, 2.24) is 5.32 Å². The first-order valence-corrected chi connectivity index (χ1v) is 6.07. The molecule has 0 aliphatic carbocycles. The van der Waals surface area contributed by atoms with Gasteiger partial charge in [0.2, 0.25) is 5.91 Å². The number of thiophene rings is 1. The average molecular weight is 242 g/mol. The van der Waals surface area contributed by atoms with Gasteiger partial charge in [-0.3, -0.25) is 4.79 Å². The van der Waals surface area contributed by atoms with E-state index < -0.39 is 0 Å². The summed E-state index contributed by atoms with van der Waals surface area (Å²) < 4.78 is 5.05. The summed E-state index contributed by atoms with van der Waals surface area (Å²) in [4.78, 5) is 12.7. The number of ether oxygens (including phenoxy) is 1. The number of amides is 1. The molecule has 3 N–H and O–H groups in total. The fourth-order valence-corrected chi connectivity index (χ4v) is 2.15. The summed E-state index contributed by atoms with van der Waals surface area (Å²) in [6, 6.07) is 2.05. The minimum Gasteiger partial charge on any atom is -0.380 e. The Bertz CT molecular complexity index is 334. The molecule has 0 aliphatic heterocycles. The fourth-order valence-electron chi connectivity index (χ4n) is 1.31. The first-order valence-electron chi connectivity index (χ1n) is 5.20. The highest BCUT2D eigenvalue weighted by molar-refractivity contribution is 7.10. The van der Waals surface area contributed by atoms with Gasteiger partial charge in [0.15, 0.2) is 0 Å². The van der Waals surface area contributed by atoms with Crippen LogP contribution in [0.25, 0.3) is 0 Å². The minimum absolute atomic E-state index is 0.0231. The van der Waals surface area contributed by atoms with Gasteiger partial charge in [0.1, 0.15) is 0 Å². The van der Waals surface area contributed by atoms with Crippen molar-refractivity contribution >= 4 is 17.2 Å². The predicted molar refractivity (Wildman–Crippen MR) is 65.4 cm³/mol. The molecule has 1 aromatic rings. The van der Waals surface area contributed by atoms with E-state index in [1.165, 1.54) is 10.4 Å². The molecule has 0 saturated carbocycles. The molecule has 1 atom stereocenters. The quantitative estimate of drug-likeness (QED) is 0.783. The standard InChI is InChI=1S/C11H18N2O2S/c1-8-3-4-16-10(8)7-13-11(14)5-9(6-12)15-2/h3-4,9H,5-7,12H2,1-2H3,(H,13,14). The Labute approximate surface area is 99.8 Å². The second-order valence-corrected chi connectivity index (χ2v) is 4.60. The van der Waals surface area contributed by atoms with Crippen LogP contribution in [0.1, 0.15) is 16.9 Å². The van der Waals surface area contributed by atoms with Crippen LogP contribution < -0.4 is 11.1 Å². The van der Waals surface area contributed by atoms with E-state index in [1.807, 2.05) is 18.4 Å². The Morgan fingerprint density at radius 1 is 1.69 bits per heavy atom. The van der Waals surface area contributed by atoms with E-state index in [2.05, 4.69) is 5.32 Å². The van der Waals surface area contributed by atoms with E-state index in [4.69, 9.17) is 10.5 Å². The highest BCUT2D eigenvalue weighted by Crippen LogP contribution is 2.14. The first-order chi connectivity index (χ1) is 7.67. The molecular formula is C11H18N2O2S. The topological polar surface area (TPSA) is 64.3 Å². The summed E-state index contributed by atoms with van der Waals surface area (Å²) in [6.45, 7) is 2.99. The van der Waals surface area contributed by atoms with Gasteiger partial charge in [-0.1, -0.05) is 0 Å². The smallest absolute Gasteiger partial charge is 0.222 e. The third-order valence-corrected chi connectivity index (χ3v) is 3.45. The van der Waals surface area contributed by atoms with E-state index in [-0.39, 0.29) is 12.0 Å². The Balaban J connectivity index is 2.33. The highest BCUT2D eigenvalue weighted by atomic mass is 32.1. The largest absolute Gasteiger partial charge is 0.380 e. The maximum Gasteiger partial charge on any atom is 0.222 e. The van der Waals surface area contributed by atoms with Crippen molar-refractivity contribution < 1.29 is 9.53 Å². The van der Waals surface area contributed by atoms with E-state index >= 15 is 0 Å². The maximum absolute atomic E-state index is 11.5. The molecule has 0 radical (unpaired) electrons. The highest BCUT2D eigenvalue weighted by Gasteiger charge is 2.11. The van der Waals surface area contributed by atoms with Crippen LogP contribution in [-0.4, -0.2) is 25.7 Å². The van der Waals surface area contributed by atoms with Crippen molar-refractivity contribution in [3.8, 4) is 0 Å². The Hall–Kier alpha value is -0.910. The van der Waals surface area contributed by atoms with Crippen molar-refractivity contribution in [1.29, 1.82) is 0 Å². The molecule has 1 rings (SSSR count). The summed E-state index contributed by atoms with van der Waals surface area (Å²) in [7, 11) is 1.56. The maximum atomic E-state index is 11.5. The second-order valence-electron chi connectivity index (χ2n) is 3.60. The number of rotatable bonds is 6. The van der Waals surface area contributed by atoms with Gasteiger partial charge in [-0.2, -0.15) is 0 Å². The number of carbonyl (C=O) groups excluding carboxylic acids is 1. The Morgan fingerprint density at radius 3 is 2.94 bits per heavy atom. The molecule has 1 heterocycles. The molecule has 5 heteroatoms. The Morgan fingerprint density at radius 2 is 2.44 bits per heavy atom. The monoisotopic (exact) mass is 242 g/mol. The van der Waals surface area contributed by atoms with Crippen molar-refractivity contribution in [3.05, 3.63) is 21.9 Å². The van der Waals surface area contributed by atoms with Gasteiger partial charge in [0.05, 0.1) is 19.1 Å². The molecule has 4 nitrogen and oxygen atoms in total. The van der Waals surface area contributed by atoms with Crippen LogP contribution in [0.4, 0.5) is 0 Å². The number of aryl methyl sites for hydroxylation is 1. The molecule has 1 unspecified atom stereocenters. The molecule has 0 bridgehead atoms. The van der Waals surface area contributed by atoms with E-state index in [0.717, 1.165) is 0 Å². The Kier molecular flexibility index (Phi) is 5.45. The molecular weight excluding hydrogens is 224 g/mol. The number of nitrogens with two attached hydrogens (primary N) is 1. The van der Waals surface area contributed by atoms with Gasteiger partial charge in [0.25, 0.3) is 0 Å². The lowest BCUT2D eigenvalue weighted by Crippen LogP contribution is -2.31. The number of hydrogen-bond donors (Lipinski definition) is 2. The van der Waals surface area contributed by atoms with Crippen LogP contribution in [-0.2, 0) is 16.1 Å². The summed E-state index contributed by atoms with van der Waals surface area (Å²) >= 11 is 1.65. The van der Waals surface area contributed by atoms with E-state index in [1.54, 1.807) is 18.4 Å². The summed E-state index contributed by atoms with van der Waals surface area (Å²) in [5.74, 6) is -0.0231. The fraction of sp³-hybridized carbons (Fsp3) is 0.545. The first kappa shape index (κ1) is 13.2. The molecule has 0 fully saturated rings. The lowest BCUT2D eigenvalue weighted by atomic mass is 10.2. The van der Waals surface area contributed by atoms with Crippen molar-refractivity contribution in [2.75, 3.05) is 13.7 Å². The van der Waals surface area contributed by atoms with Crippen LogP contribution in [0, 0.1) is 6.92 Å². The number of methoxy groups -OCH3 is 1. The van der Waals surface area contributed by atoms with Gasteiger partial charge < -0.3 is 15.8 Å². The SMILES string of the molecule is COC(CN)CC(=O)NCc1sccc1C. The lowest BCUT2D eigenvalue weighted by molar-refractivity contribution is -0.123. The second kappa shape index (κ2) is 6.62. The summed E-state index contributed by atoms with van der Waals surface area (Å²) in [5, 5.41) is 4.88. The third-order valence-electron chi connectivity index (χ3n) is 2.42. The van der Waals surface area contributed by atoms with Crippen molar-refractivity contribution in [3.63, 3.8) is 0 Å². The van der Waals surface area contributed by atoms with Crippen LogP contribution in [0.15, 0.2) is 11.4 Å². The van der Waals surface area contributed by atoms with Crippen LogP contribution in [0.3, 0.4) is 0 Å². The van der Waals surface area contributed by atoms with Crippen LogP contribution in [0.2, 0.25) is 0 Å². The number of hydrogen-bond acceptors (Lipinski definition) is 4. The van der Waals surface area contributed by atoms with E-state index in [0.29, 0.717) is 19.5 Å². The van der Waals surface area contributed by atoms with Gasteiger partial charge >= 0.3 is 0 Å². The van der Waals surface area contributed by atoms with Crippen molar-refractivity contribution in [2.45, 2.75) is 26.0 Å². The molecule has 0 aromatic carbocycles. The molecule has 0 saturated heterocycles. The van der Waals surface area contributed by atoms with Crippen LogP contribution >= 0.6 is 11.3 Å². The normalized spacial score (nSPS) is 12.4. The zero-order valence-corrected chi connectivity index (χ0v) is 10.5. The molecule has 90 valence electrons. The average Bonchev–Trinajstić information content (AvgIpc) is 2.69. The number of carbonyl (C=O) groups is 1. The predicted octanol–water partition coefficient (Wildman–Crippen LogP) is 1.04. The zero-order valence-electron chi connectivity index (χ0n) is 9.66. The van der Waals surface area contributed by atoms with Crippen LogP contribution in [0.5, 0.6) is 0 Å². The van der Waals surface area contributed by atoms with Gasteiger partial charge in [-0.25, -0.2) is 0 Å². The van der Waals surface area contributed by atoms with Crippen molar-refractivity contribution in [2.24, 2.45) is 5.73 Å². The molecule has 1 aromatic heterocycles. The van der Waals surface area contributed by atoms with Gasteiger partial charge in [-0.05, 0) is 23.9 Å². The van der Waals surface area contributed by atoms with Gasteiger partial charge in [-0.15, -0.1) is 11.3 Å². The van der Waals surface area contributed by atoms with E-state index in [9.17, 15) is 4.79 Å². The molecule has 1 amide bonds. The minimum atomic E-state index is -0.190. The molecule has 16 heavy (non-hydrogen) atoms. The van der Waals surface area contributed by atoms with Gasteiger partial charge in [0, 0.05) is 18.5 Å². The molecule has 0 aliphatic rings. The number of nitrogens with one attached hydrogen (secondary N) is 1. The third kappa shape index (κ3) is 3.92. The summed E-state index contributed by atoms with van der Waals surface area (Å²) in [5.41, 5.74) is 6.66. The lowest BCUT2D eigenvalue weighted by Gasteiger charge is -2.12. The summed E-state index contributed by atoms with van der Waals surface area (Å²) in [6.07, 6.45) is 0.127.